The van der Waals surface area contributed by atoms with Gasteiger partial charge in [0.25, 0.3) is 0 Å². The second kappa shape index (κ2) is 4.78. The molecule has 1 fully saturated rings. The minimum atomic E-state index is 0.247. The molecule has 2 rings (SSSR count). The van der Waals surface area contributed by atoms with Crippen molar-refractivity contribution >= 4 is 5.82 Å². The van der Waals surface area contributed by atoms with Crippen molar-refractivity contribution in [2.45, 2.75) is 51.6 Å². The molecule has 0 radical (unpaired) electrons. The number of hydrogen-bond acceptors (Lipinski definition) is 4. The summed E-state index contributed by atoms with van der Waals surface area (Å²) in [4.78, 5) is 8.78. The fourth-order valence-corrected chi connectivity index (χ4v) is 2.14. The van der Waals surface area contributed by atoms with Gasteiger partial charge in [0.1, 0.15) is 5.82 Å². The molecule has 1 aliphatic rings. The molecule has 0 aliphatic heterocycles. The Bertz CT molecular complexity index is 364. The lowest BCUT2D eigenvalue weighted by molar-refractivity contribution is 0.403. The summed E-state index contributed by atoms with van der Waals surface area (Å²) in [6.07, 6.45) is 6.54. The summed E-state index contributed by atoms with van der Waals surface area (Å²) in [6, 6.07) is 0.599. The number of nitrogens with one attached hydrogen (secondary N) is 1. The Labute approximate surface area is 96.7 Å². The molecular weight excluding hydrogens is 200 g/mol. The predicted molar refractivity (Wildman–Crippen MR) is 65.4 cm³/mol. The van der Waals surface area contributed by atoms with Crippen LogP contribution in [0.25, 0.3) is 0 Å². The van der Waals surface area contributed by atoms with Crippen LogP contribution in [-0.4, -0.2) is 22.1 Å². The van der Waals surface area contributed by atoms with E-state index in [0.717, 1.165) is 30.0 Å². The number of nitrogens with two attached hydrogens (primary N) is 1. The standard InChI is InChI=1S/C12H20N4/c1-8-9(2)15-12(7-14-8)16-11-6-4-3-5-10(11)13/h7,10-11H,3-6,13H2,1-2H3,(H,15,16)/t10-,11-/m1/s1. The van der Waals surface area contributed by atoms with Gasteiger partial charge in [0, 0.05) is 12.1 Å². The van der Waals surface area contributed by atoms with Crippen molar-refractivity contribution in [1.29, 1.82) is 0 Å². The number of rotatable bonds is 2. The zero-order valence-electron chi connectivity index (χ0n) is 10.0. The molecule has 0 aromatic carbocycles. The van der Waals surface area contributed by atoms with E-state index in [1.165, 1.54) is 12.8 Å². The Morgan fingerprint density at radius 3 is 2.69 bits per heavy atom. The van der Waals surface area contributed by atoms with Crippen molar-refractivity contribution in [3.05, 3.63) is 17.6 Å². The average Bonchev–Trinajstić information content (AvgIpc) is 2.27. The zero-order chi connectivity index (χ0) is 11.5. The third kappa shape index (κ3) is 2.50. The van der Waals surface area contributed by atoms with Gasteiger partial charge in [-0.05, 0) is 26.7 Å². The van der Waals surface area contributed by atoms with Gasteiger partial charge >= 0.3 is 0 Å². The van der Waals surface area contributed by atoms with Gasteiger partial charge in [-0.3, -0.25) is 4.98 Å². The molecule has 1 aromatic heterocycles. The Hall–Kier alpha value is -1.16. The number of aryl methyl sites for hydroxylation is 2. The summed E-state index contributed by atoms with van der Waals surface area (Å²) >= 11 is 0. The number of hydrogen-bond donors (Lipinski definition) is 2. The molecule has 0 bridgehead atoms. The van der Waals surface area contributed by atoms with Crippen LogP contribution in [0.3, 0.4) is 0 Å². The highest BCUT2D eigenvalue weighted by molar-refractivity contribution is 5.35. The van der Waals surface area contributed by atoms with Crippen LogP contribution in [-0.2, 0) is 0 Å². The molecule has 1 heterocycles. The van der Waals surface area contributed by atoms with Crippen LogP contribution < -0.4 is 11.1 Å². The molecule has 1 saturated carbocycles. The van der Waals surface area contributed by atoms with Gasteiger partial charge in [0.2, 0.25) is 0 Å². The number of anilines is 1. The van der Waals surface area contributed by atoms with Crippen molar-refractivity contribution in [2.75, 3.05) is 5.32 Å². The minimum Gasteiger partial charge on any atom is -0.364 e. The van der Waals surface area contributed by atoms with Crippen LogP contribution in [0.2, 0.25) is 0 Å². The van der Waals surface area contributed by atoms with Crippen molar-refractivity contribution in [3.8, 4) is 0 Å². The van der Waals surface area contributed by atoms with Gasteiger partial charge in [-0.15, -0.1) is 0 Å². The lowest BCUT2D eigenvalue weighted by Crippen LogP contribution is -2.42. The number of nitrogens with zero attached hydrogens (tertiary/aromatic N) is 2. The molecule has 88 valence electrons. The summed E-state index contributed by atoms with van der Waals surface area (Å²) in [5.41, 5.74) is 8.05. The molecule has 3 N–H and O–H groups in total. The van der Waals surface area contributed by atoms with Gasteiger partial charge in [-0.1, -0.05) is 12.8 Å². The highest BCUT2D eigenvalue weighted by Crippen LogP contribution is 2.20. The van der Waals surface area contributed by atoms with Gasteiger partial charge in [0.05, 0.1) is 17.6 Å². The van der Waals surface area contributed by atoms with Crippen LogP contribution in [0.1, 0.15) is 37.1 Å². The summed E-state index contributed by atoms with van der Waals surface area (Å²) in [5.74, 6) is 0.852. The molecule has 4 heteroatoms. The first-order valence-corrected chi connectivity index (χ1v) is 5.99. The summed E-state index contributed by atoms with van der Waals surface area (Å²) < 4.78 is 0. The fourth-order valence-electron chi connectivity index (χ4n) is 2.14. The molecule has 0 spiro atoms. The molecule has 0 saturated heterocycles. The van der Waals surface area contributed by atoms with E-state index in [0.29, 0.717) is 6.04 Å². The Balaban J connectivity index is 2.05. The topological polar surface area (TPSA) is 63.8 Å². The first-order valence-electron chi connectivity index (χ1n) is 5.99. The fraction of sp³-hybridized carbons (Fsp3) is 0.667. The first kappa shape index (κ1) is 11.3. The number of aromatic nitrogens is 2. The van der Waals surface area contributed by atoms with Gasteiger partial charge in [-0.25, -0.2) is 4.98 Å². The van der Waals surface area contributed by atoms with E-state index in [9.17, 15) is 0 Å². The quantitative estimate of drug-likeness (QED) is 0.797. The van der Waals surface area contributed by atoms with E-state index < -0.39 is 0 Å². The van der Waals surface area contributed by atoms with Gasteiger partial charge in [-0.2, -0.15) is 0 Å². The zero-order valence-corrected chi connectivity index (χ0v) is 10.0. The summed E-state index contributed by atoms with van der Waals surface area (Å²) in [5, 5.41) is 3.40. The monoisotopic (exact) mass is 220 g/mol. The Morgan fingerprint density at radius 2 is 2.00 bits per heavy atom. The highest BCUT2D eigenvalue weighted by Gasteiger charge is 2.21. The van der Waals surface area contributed by atoms with Crippen LogP contribution >= 0.6 is 0 Å². The SMILES string of the molecule is Cc1ncc(N[C@@H]2CCCC[C@H]2N)nc1C. The van der Waals surface area contributed by atoms with E-state index in [4.69, 9.17) is 5.73 Å². The van der Waals surface area contributed by atoms with E-state index in [1.807, 2.05) is 13.8 Å². The predicted octanol–water partition coefficient (Wildman–Crippen LogP) is 1.78. The summed E-state index contributed by atoms with van der Waals surface area (Å²) in [6.45, 7) is 3.95. The molecule has 16 heavy (non-hydrogen) atoms. The van der Waals surface area contributed by atoms with Crippen molar-refractivity contribution < 1.29 is 0 Å². The van der Waals surface area contributed by atoms with Crippen molar-refractivity contribution in [1.82, 2.24) is 9.97 Å². The maximum absolute atomic E-state index is 6.08. The third-order valence-electron chi connectivity index (χ3n) is 3.34. The molecule has 0 unspecified atom stereocenters. The van der Waals surface area contributed by atoms with Crippen molar-refractivity contribution in [2.24, 2.45) is 5.73 Å². The van der Waals surface area contributed by atoms with Crippen LogP contribution in [0.5, 0.6) is 0 Å². The maximum Gasteiger partial charge on any atom is 0.145 e. The Morgan fingerprint density at radius 1 is 1.25 bits per heavy atom. The highest BCUT2D eigenvalue weighted by atomic mass is 15.1. The van der Waals surface area contributed by atoms with Crippen molar-refractivity contribution in [3.63, 3.8) is 0 Å². The lowest BCUT2D eigenvalue weighted by atomic mass is 9.91. The normalized spacial score (nSPS) is 25.4. The summed E-state index contributed by atoms with van der Waals surface area (Å²) in [7, 11) is 0. The first-order chi connectivity index (χ1) is 7.66. The molecule has 4 nitrogen and oxygen atoms in total. The second-order valence-electron chi connectivity index (χ2n) is 4.63. The molecule has 1 aliphatic carbocycles. The van der Waals surface area contributed by atoms with E-state index in [2.05, 4.69) is 15.3 Å². The molecular formula is C12H20N4. The molecule has 0 amide bonds. The van der Waals surface area contributed by atoms with Gasteiger partial charge < -0.3 is 11.1 Å². The average molecular weight is 220 g/mol. The van der Waals surface area contributed by atoms with Crippen LogP contribution in [0.4, 0.5) is 5.82 Å². The van der Waals surface area contributed by atoms with Crippen LogP contribution in [0, 0.1) is 13.8 Å². The lowest BCUT2D eigenvalue weighted by Gasteiger charge is -2.29. The molecule has 2 atom stereocenters. The van der Waals surface area contributed by atoms with E-state index in [-0.39, 0.29) is 6.04 Å². The maximum atomic E-state index is 6.08. The van der Waals surface area contributed by atoms with Crippen LogP contribution in [0.15, 0.2) is 6.20 Å². The second-order valence-corrected chi connectivity index (χ2v) is 4.63. The molecule has 1 aromatic rings. The van der Waals surface area contributed by atoms with Gasteiger partial charge in [0.15, 0.2) is 0 Å². The van der Waals surface area contributed by atoms with E-state index >= 15 is 0 Å². The minimum absolute atomic E-state index is 0.247. The largest absolute Gasteiger partial charge is 0.364 e. The van der Waals surface area contributed by atoms with E-state index in [1.54, 1.807) is 6.20 Å². The Kier molecular flexibility index (Phi) is 3.39. The smallest absolute Gasteiger partial charge is 0.145 e. The third-order valence-corrected chi connectivity index (χ3v) is 3.34.